The van der Waals surface area contributed by atoms with E-state index in [0.29, 0.717) is 17.4 Å². The van der Waals surface area contributed by atoms with Crippen LogP contribution in [-0.4, -0.2) is 69.4 Å². The standard InChI is InChI=1S/C71H129N2O7P/c1-7-10-13-16-19-22-25-28-30-32-34-35-36-37-39-41-43-46-49-52-55-58-61-64-71(75)80-69(62-59-56-53-50-47-44-27-24-21-18-15-12-9-3)68(67-79-81(76,77)78-66-65-73(4,5)6)72-70(74)63-60-57-54-51-48-45-42-40-38-33-31-29-26-23-20-17-14-11-8-2/h19-20,22-23,28-31,38,40,45,48,59,62,68-69H,7-18,21,24-27,32-37,39,41-44,46-47,49-58,60-61,63-67H2,1-6H3,(H-,72,74,76,77)/b22-19-,23-20-,30-28-,31-29-,40-38-,48-45-,62-59+. The molecule has 0 fully saturated rings. The van der Waals surface area contributed by atoms with Gasteiger partial charge in [0, 0.05) is 12.8 Å². The van der Waals surface area contributed by atoms with Crippen molar-refractivity contribution < 1.29 is 37.3 Å². The van der Waals surface area contributed by atoms with Crippen LogP contribution in [0, 0.1) is 0 Å². The molecule has 0 saturated heterocycles. The lowest BCUT2D eigenvalue weighted by atomic mass is 10.0. The van der Waals surface area contributed by atoms with Crippen molar-refractivity contribution in [2.75, 3.05) is 40.9 Å². The first-order valence-electron chi connectivity index (χ1n) is 33.9. The number of unbranched alkanes of at least 4 members (excludes halogenated alkanes) is 33. The predicted octanol–water partition coefficient (Wildman–Crippen LogP) is 20.7. The third kappa shape index (κ3) is 61.6. The number of ether oxygens (including phenoxy) is 1. The molecule has 0 aliphatic carbocycles. The van der Waals surface area contributed by atoms with E-state index in [1.807, 2.05) is 33.3 Å². The summed E-state index contributed by atoms with van der Waals surface area (Å²) in [7, 11) is 1.16. The quantitative estimate of drug-likeness (QED) is 0.0212. The summed E-state index contributed by atoms with van der Waals surface area (Å²) in [5.41, 5.74) is 0. The van der Waals surface area contributed by atoms with Crippen LogP contribution in [0.2, 0.25) is 0 Å². The third-order valence-corrected chi connectivity index (χ3v) is 15.8. The second-order valence-corrected chi connectivity index (χ2v) is 25.4. The fourth-order valence-corrected chi connectivity index (χ4v) is 10.3. The zero-order valence-electron chi connectivity index (χ0n) is 53.7. The monoisotopic (exact) mass is 1150 g/mol. The Morgan fingerprint density at radius 2 is 0.753 bits per heavy atom. The Morgan fingerprint density at radius 1 is 0.432 bits per heavy atom. The maximum absolute atomic E-state index is 13.6. The molecule has 0 aromatic carbocycles. The molecule has 81 heavy (non-hydrogen) atoms. The number of carbonyl (C=O) groups is 2. The zero-order valence-corrected chi connectivity index (χ0v) is 54.6. The lowest BCUT2D eigenvalue weighted by Gasteiger charge is -2.30. The molecule has 9 nitrogen and oxygen atoms in total. The Hall–Kier alpha value is -2.81. The van der Waals surface area contributed by atoms with Crippen LogP contribution in [-0.2, 0) is 27.9 Å². The number of hydrogen-bond acceptors (Lipinski definition) is 7. The molecule has 0 heterocycles. The molecule has 0 radical (unpaired) electrons. The fraction of sp³-hybridized carbons (Fsp3) is 0.775. The van der Waals surface area contributed by atoms with E-state index >= 15 is 0 Å². The lowest BCUT2D eigenvalue weighted by Crippen LogP contribution is -2.47. The van der Waals surface area contributed by atoms with Gasteiger partial charge in [0.1, 0.15) is 19.3 Å². The molecule has 0 saturated carbocycles. The number of carbonyl (C=O) groups excluding carboxylic acids is 2. The van der Waals surface area contributed by atoms with Crippen molar-refractivity contribution in [2.45, 2.75) is 315 Å². The number of rotatable bonds is 61. The van der Waals surface area contributed by atoms with Gasteiger partial charge in [0.25, 0.3) is 7.82 Å². The van der Waals surface area contributed by atoms with Gasteiger partial charge < -0.3 is 28.5 Å². The molecule has 0 aliphatic rings. The average molecular weight is 1150 g/mol. The highest BCUT2D eigenvalue weighted by Gasteiger charge is 2.27. The Balaban J connectivity index is 5.22. The zero-order chi connectivity index (χ0) is 59.3. The van der Waals surface area contributed by atoms with Crippen LogP contribution in [0.4, 0.5) is 0 Å². The first-order valence-corrected chi connectivity index (χ1v) is 35.4. The number of nitrogens with one attached hydrogen (secondary N) is 1. The average Bonchev–Trinajstić information content (AvgIpc) is 3.44. The maximum atomic E-state index is 13.6. The molecule has 0 aromatic rings. The summed E-state index contributed by atoms with van der Waals surface area (Å²) in [6.07, 6.45) is 79.8. The van der Waals surface area contributed by atoms with Crippen LogP contribution in [0.5, 0.6) is 0 Å². The fourth-order valence-electron chi connectivity index (χ4n) is 9.54. The van der Waals surface area contributed by atoms with Gasteiger partial charge >= 0.3 is 5.97 Å². The molecule has 1 amide bonds. The number of quaternary nitrogens is 1. The molecular weight excluding hydrogens is 1020 g/mol. The smallest absolute Gasteiger partial charge is 0.306 e. The molecule has 0 aliphatic heterocycles. The van der Waals surface area contributed by atoms with Gasteiger partial charge in [0.2, 0.25) is 5.91 Å². The summed E-state index contributed by atoms with van der Waals surface area (Å²) < 4.78 is 30.4. The van der Waals surface area contributed by atoms with E-state index in [1.165, 1.54) is 180 Å². The minimum Gasteiger partial charge on any atom is -0.756 e. The Bertz CT molecular complexity index is 1660. The van der Waals surface area contributed by atoms with Crippen LogP contribution < -0.4 is 10.2 Å². The van der Waals surface area contributed by atoms with Crippen LogP contribution >= 0.6 is 7.82 Å². The third-order valence-electron chi connectivity index (χ3n) is 14.8. The second-order valence-electron chi connectivity index (χ2n) is 24.0. The molecule has 3 unspecified atom stereocenters. The molecule has 0 spiro atoms. The second kappa shape index (κ2) is 60.3. The van der Waals surface area contributed by atoms with Gasteiger partial charge in [-0.1, -0.05) is 267 Å². The van der Waals surface area contributed by atoms with Gasteiger partial charge in [-0.05, 0) is 109 Å². The van der Waals surface area contributed by atoms with Crippen molar-refractivity contribution in [3.05, 3.63) is 85.1 Å². The van der Waals surface area contributed by atoms with Gasteiger partial charge in [0.15, 0.2) is 0 Å². The van der Waals surface area contributed by atoms with Gasteiger partial charge in [-0.2, -0.15) is 0 Å². The molecule has 470 valence electrons. The summed E-state index contributed by atoms with van der Waals surface area (Å²) in [6.45, 7) is 6.79. The van der Waals surface area contributed by atoms with Crippen molar-refractivity contribution in [1.29, 1.82) is 0 Å². The van der Waals surface area contributed by atoms with E-state index in [1.54, 1.807) is 0 Å². The van der Waals surface area contributed by atoms with Crippen molar-refractivity contribution in [3.63, 3.8) is 0 Å². The van der Waals surface area contributed by atoms with Crippen molar-refractivity contribution >= 4 is 19.7 Å². The van der Waals surface area contributed by atoms with E-state index in [4.69, 9.17) is 13.8 Å². The predicted molar refractivity (Wildman–Crippen MR) is 348 cm³/mol. The van der Waals surface area contributed by atoms with Crippen molar-refractivity contribution in [2.24, 2.45) is 0 Å². The highest BCUT2D eigenvalue weighted by atomic mass is 31.2. The van der Waals surface area contributed by atoms with E-state index in [0.717, 1.165) is 83.5 Å². The first-order chi connectivity index (χ1) is 39.4. The normalized spacial score (nSPS) is 14.1. The minimum atomic E-state index is -4.72. The van der Waals surface area contributed by atoms with E-state index < -0.39 is 26.6 Å². The summed E-state index contributed by atoms with van der Waals surface area (Å²) in [5.74, 6) is -0.573. The van der Waals surface area contributed by atoms with Crippen molar-refractivity contribution in [1.82, 2.24) is 5.32 Å². The highest BCUT2D eigenvalue weighted by Crippen LogP contribution is 2.38. The number of nitrogens with zero attached hydrogens (tertiary/aromatic N) is 1. The molecule has 0 rings (SSSR count). The maximum Gasteiger partial charge on any atom is 0.306 e. The van der Waals surface area contributed by atoms with Crippen LogP contribution in [0.15, 0.2) is 85.1 Å². The molecule has 10 heteroatoms. The van der Waals surface area contributed by atoms with Crippen LogP contribution in [0.1, 0.15) is 303 Å². The number of amides is 1. The Labute approximate surface area is 501 Å². The topological polar surface area (TPSA) is 114 Å². The largest absolute Gasteiger partial charge is 0.756 e. The van der Waals surface area contributed by atoms with Gasteiger partial charge in [0.05, 0.1) is 33.8 Å². The number of phosphoric acid groups is 1. The number of phosphoric ester groups is 1. The summed E-state index contributed by atoms with van der Waals surface area (Å²) >= 11 is 0. The molecule has 0 bridgehead atoms. The summed E-state index contributed by atoms with van der Waals surface area (Å²) in [5, 5.41) is 3.02. The molecule has 0 aromatic heterocycles. The lowest BCUT2D eigenvalue weighted by molar-refractivity contribution is -0.870. The van der Waals surface area contributed by atoms with Gasteiger partial charge in [-0.25, -0.2) is 0 Å². The minimum absolute atomic E-state index is 0.0313. The Kier molecular flexibility index (Phi) is 58.2. The van der Waals surface area contributed by atoms with Gasteiger partial charge in [-0.15, -0.1) is 0 Å². The highest BCUT2D eigenvalue weighted by molar-refractivity contribution is 7.45. The van der Waals surface area contributed by atoms with Crippen LogP contribution in [0.25, 0.3) is 0 Å². The van der Waals surface area contributed by atoms with Crippen LogP contribution in [0.3, 0.4) is 0 Å². The number of allylic oxidation sites excluding steroid dienone is 13. The summed E-state index contributed by atoms with van der Waals surface area (Å²) in [6, 6.07) is -0.909. The molecular formula is C71H129N2O7P. The van der Waals surface area contributed by atoms with Crippen molar-refractivity contribution in [3.8, 4) is 0 Å². The summed E-state index contributed by atoms with van der Waals surface area (Å²) in [4.78, 5) is 40.1. The molecule has 1 N–H and O–H groups in total. The molecule has 3 atom stereocenters. The van der Waals surface area contributed by atoms with E-state index in [2.05, 4.69) is 99.0 Å². The van der Waals surface area contributed by atoms with E-state index in [-0.39, 0.29) is 31.3 Å². The Morgan fingerprint density at radius 3 is 1.16 bits per heavy atom. The number of hydrogen-bond donors (Lipinski definition) is 1. The number of likely N-dealkylation sites (N-methyl/N-ethyl adjacent to an activating group) is 1. The number of esters is 1. The van der Waals surface area contributed by atoms with E-state index in [9.17, 15) is 19.0 Å². The first kappa shape index (κ1) is 78.2. The SMILES string of the molecule is CCCCC/C=C\C/C=C\C/C=C\C/C=C\CCCCCC(=O)NC(COP(=O)([O-])OCC[N+](C)(C)C)C(/C=C/CCCCCCCCCCCCC)OC(=O)CCCCCCCCCCCCCCC/C=C\C/C=C\CCCCC. The van der Waals surface area contributed by atoms with Gasteiger partial charge in [-0.3, -0.25) is 14.2 Å².